The highest BCUT2D eigenvalue weighted by molar-refractivity contribution is 7.89. The highest BCUT2D eigenvalue weighted by Crippen LogP contribution is 2.09. The number of piperidine rings is 1. The number of hydrogen-bond donors (Lipinski definition) is 2. The minimum absolute atomic E-state index is 0.354. The fourth-order valence-electron chi connectivity index (χ4n) is 2.77. The van der Waals surface area contributed by atoms with Crippen molar-refractivity contribution in [3.05, 3.63) is 29.8 Å². The molecule has 1 aliphatic heterocycles. The number of hydrogen-bond acceptors (Lipinski definition) is 2. The summed E-state index contributed by atoms with van der Waals surface area (Å²) in [4.78, 5) is 1.97. The van der Waals surface area contributed by atoms with Crippen LogP contribution < -0.4 is 9.62 Å². The molecular weight excluding hydrogens is 284 g/mol. The number of likely N-dealkylation sites (tertiary alicyclic amines) is 1. The molecule has 0 amide bonds. The van der Waals surface area contributed by atoms with E-state index >= 15 is 0 Å². The molecule has 0 bridgehead atoms. The third-order valence-corrected chi connectivity index (χ3v) is 5.79. The molecule has 0 spiro atoms. The number of benzene rings is 1. The zero-order valence-electron chi connectivity index (χ0n) is 13.1. The van der Waals surface area contributed by atoms with Gasteiger partial charge in [-0.05, 0) is 37.8 Å². The Morgan fingerprint density at radius 3 is 2.43 bits per heavy atom. The van der Waals surface area contributed by atoms with Crippen molar-refractivity contribution in [2.75, 3.05) is 26.2 Å². The Morgan fingerprint density at radius 2 is 1.81 bits per heavy atom. The van der Waals surface area contributed by atoms with Crippen molar-refractivity contribution in [1.82, 2.24) is 4.72 Å². The Bertz CT molecular complexity index is 532. The fraction of sp³-hybridized carbons (Fsp3) is 0.625. The quantitative estimate of drug-likeness (QED) is 0.770. The Morgan fingerprint density at radius 1 is 1.19 bits per heavy atom. The molecule has 0 atom stereocenters. The molecule has 118 valence electrons. The summed E-state index contributed by atoms with van der Waals surface area (Å²) >= 11 is 0. The molecule has 0 aromatic heterocycles. The average Bonchev–Trinajstić information content (AvgIpc) is 2.46. The molecule has 2 N–H and O–H groups in total. The Kier molecular flexibility index (Phi) is 5.79. The van der Waals surface area contributed by atoms with Crippen LogP contribution in [0.2, 0.25) is 0 Å². The van der Waals surface area contributed by atoms with Crippen LogP contribution in [0.4, 0.5) is 0 Å². The van der Waals surface area contributed by atoms with E-state index < -0.39 is 10.0 Å². The molecule has 1 fully saturated rings. The van der Waals surface area contributed by atoms with Crippen LogP contribution in [0.3, 0.4) is 0 Å². The van der Waals surface area contributed by atoms with Gasteiger partial charge in [0.15, 0.2) is 0 Å². The van der Waals surface area contributed by atoms with Crippen LogP contribution >= 0.6 is 0 Å². The van der Waals surface area contributed by atoms with Crippen molar-refractivity contribution in [3.8, 4) is 0 Å². The molecule has 0 aliphatic carbocycles. The highest BCUT2D eigenvalue weighted by Gasteiger charge is 2.18. The molecule has 0 radical (unpaired) electrons. The van der Waals surface area contributed by atoms with E-state index in [1.54, 1.807) is 17.0 Å². The number of aryl methyl sites for hydroxylation is 1. The second-order valence-corrected chi connectivity index (χ2v) is 8.01. The van der Waals surface area contributed by atoms with Gasteiger partial charge in [-0.15, -0.1) is 0 Å². The number of quaternary nitrogens is 1. The van der Waals surface area contributed by atoms with Crippen molar-refractivity contribution >= 4 is 10.0 Å². The van der Waals surface area contributed by atoms with Crippen LogP contribution in [0.25, 0.3) is 0 Å². The van der Waals surface area contributed by atoms with E-state index in [0.717, 1.165) is 24.4 Å². The van der Waals surface area contributed by atoms with E-state index in [1.165, 1.54) is 25.9 Å². The molecule has 1 saturated heterocycles. The summed E-state index contributed by atoms with van der Waals surface area (Å²) in [5.41, 5.74) is 1.07. The van der Waals surface area contributed by atoms with Crippen LogP contribution in [0.15, 0.2) is 29.2 Å². The van der Waals surface area contributed by atoms with Crippen LogP contribution in [-0.2, 0) is 10.0 Å². The van der Waals surface area contributed by atoms with Crippen LogP contribution in [-0.4, -0.2) is 34.6 Å². The second-order valence-electron chi connectivity index (χ2n) is 6.25. The molecule has 1 aliphatic rings. The number of nitrogens with one attached hydrogen (secondary N) is 2. The predicted molar refractivity (Wildman–Crippen MR) is 84.9 cm³/mol. The van der Waals surface area contributed by atoms with Gasteiger partial charge in [-0.3, -0.25) is 0 Å². The normalized spacial score (nSPS) is 23.1. The maximum atomic E-state index is 12.1. The van der Waals surface area contributed by atoms with Gasteiger partial charge in [0.25, 0.3) is 0 Å². The number of rotatable bonds is 6. The fourth-order valence-corrected chi connectivity index (χ4v) is 3.84. The summed E-state index contributed by atoms with van der Waals surface area (Å²) in [5, 5.41) is 0. The first-order valence-electron chi connectivity index (χ1n) is 7.87. The van der Waals surface area contributed by atoms with E-state index in [0.29, 0.717) is 11.4 Å². The average molecular weight is 311 g/mol. The Labute approximate surface area is 128 Å². The molecule has 1 aromatic carbocycles. The molecule has 5 heteroatoms. The van der Waals surface area contributed by atoms with Crippen LogP contribution in [0.5, 0.6) is 0 Å². The first kappa shape index (κ1) is 16.5. The van der Waals surface area contributed by atoms with E-state index in [4.69, 9.17) is 0 Å². The SMILES string of the molecule is Cc1ccc(S(=O)(=O)NCCC[NH+]2CCC(C)CC2)cc1. The molecule has 1 heterocycles. The van der Waals surface area contributed by atoms with Gasteiger partial charge in [-0.1, -0.05) is 24.6 Å². The van der Waals surface area contributed by atoms with E-state index in [9.17, 15) is 8.42 Å². The lowest BCUT2D eigenvalue weighted by molar-refractivity contribution is -0.906. The number of sulfonamides is 1. The lowest BCUT2D eigenvalue weighted by atomic mass is 9.99. The maximum absolute atomic E-state index is 12.1. The van der Waals surface area contributed by atoms with Crippen LogP contribution in [0, 0.1) is 12.8 Å². The van der Waals surface area contributed by atoms with Gasteiger partial charge in [0.05, 0.1) is 24.5 Å². The molecule has 4 nitrogen and oxygen atoms in total. The third kappa shape index (κ3) is 5.09. The first-order valence-corrected chi connectivity index (χ1v) is 9.35. The standard InChI is InChI=1S/C16H26N2O2S/c1-14-4-6-16(7-5-14)21(19,20)17-10-3-11-18-12-8-15(2)9-13-18/h4-7,15,17H,3,8-13H2,1-2H3/p+1. The Balaban J connectivity index is 1.73. The minimum atomic E-state index is -3.35. The monoisotopic (exact) mass is 311 g/mol. The molecule has 21 heavy (non-hydrogen) atoms. The van der Waals surface area contributed by atoms with Gasteiger partial charge in [-0.25, -0.2) is 13.1 Å². The minimum Gasteiger partial charge on any atom is -0.335 e. The summed E-state index contributed by atoms with van der Waals surface area (Å²) < 4.78 is 26.9. The van der Waals surface area contributed by atoms with Crippen molar-refractivity contribution in [1.29, 1.82) is 0 Å². The zero-order chi connectivity index (χ0) is 15.3. The van der Waals surface area contributed by atoms with Crippen LogP contribution in [0.1, 0.15) is 31.7 Å². The topological polar surface area (TPSA) is 50.6 Å². The molecule has 1 aromatic rings. The summed E-state index contributed by atoms with van der Waals surface area (Å²) in [6.07, 6.45) is 3.49. The highest BCUT2D eigenvalue weighted by atomic mass is 32.2. The summed E-state index contributed by atoms with van der Waals surface area (Å²) in [7, 11) is -3.35. The van der Waals surface area contributed by atoms with Crippen molar-refractivity contribution in [2.45, 2.75) is 38.0 Å². The van der Waals surface area contributed by atoms with Gasteiger partial charge in [-0.2, -0.15) is 0 Å². The Hall–Kier alpha value is -0.910. The van der Waals surface area contributed by atoms with E-state index in [2.05, 4.69) is 11.6 Å². The largest absolute Gasteiger partial charge is 0.335 e. The smallest absolute Gasteiger partial charge is 0.240 e. The van der Waals surface area contributed by atoms with Gasteiger partial charge in [0, 0.05) is 13.0 Å². The zero-order valence-corrected chi connectivity index (χ0v) is 13.9. The van der Waals surface area contributed by atoms with Gasteiger partial charge in [0.2, 0.25) is 10.0 Å². The van der Waals surface area contributed by atoms with Crippen molar-refractivity contribution in [3.63, 3.8) is 0 Å². The van der Waals surface area contributed by atoms with E-state index in [-0.39, 0.29) is 0 Å². The lowest BCUT2D eigenvalue weighted by Gasteiger charge is -2.27. The molecular formula is C16H27N2O2S+. The predicted octanol–water partition coefficient (Wildman–Crippen LogP) is 0.978. The molecule has 0 unspecified atom stereocenters. The summed E-state index contributed by atoms with van der Waals surface area (Å²) in [6, 6.07) is 6.98. The van der Waals surface area contributed by atoms with Crippen molar-refractivity contribution < 1.29 is 13.3 Å². The van der Waals surface area contributed by atoms with E-state index in [1.807, 2.05) is 19.1 Å². The lowest BCUT2D eigenvalue weighted by Crippen LogP contribution is -3.13. The van der Waals surface area contributed by atoms with Crippen molar-refractivity contribution in [2.24, 2.45) is 5.92 Å². The maximum Gasteiger partial charge on any atom is 0.240 e. The first-order chi connectivity index (χ1) is 9.97. The molecule has 0 saturated carbocycles. The van der Waals surface area contributed by atoms with Gasteiger partial charge < -0.3 is 4.90 Å². The second kappa shape index (κ2) is 7.38. The third-order valence-electron chi connectivity index (χ3n) is 4.31. The van der Waals surface area contributed by atoms with Gasteiger partial charge >= 0.3 is 0 Å². The summed E-state index contributed by atoms with van der Waals surface area (Å²) in [6.45, 7) is 8.30. The summed E-state index contributed by atoms with van der Waals surface area (Å²) in [5.74, 6) is 0.855. The van der Waals surface area contributed by atoms with Gasteiger partial charge in [0.1, 0.15) is 0 Å². The molecule has 2 rings (SSSR count).